The molecule has 1 aromatic rings. The lowest BCUT2D eigenvalue weighted by Crippen LogP contribution is -2.13. The van der Waals surface area contributed by atoms with Crippen molar-refractivity contribution in [2.24, 2.45) is 0 Å². The van der Waals surface area contributed by atoms with Crippen LogP contribution in [0.1, 0.15) is 28.3 Å². The molecule has 1 fully saturated rings. The molecule has 2 N–H and O–H groups in total. The lowest BCUT2D eigenvalue weighted by Gasteiger charge is -2.07. The minimum absolute atomic E-state index is 0.0577. The summed E-state index contributed by atoms with van der Waals surface area (Å²) in [5, 5.41) is 11.5. The number of carbonyl (C=O) groups excluding carboxylic acids is 1. The van der Waals surface area contributed by atoms with Gasteiger partial charge in [-0.05, 0) is 17.7 Å². The number of hydrogen-bond donors (Lipinski definition) is 2. The SMILES string of the molecule is O=C1C[C@H](c2ccc(C(=O)O)cc2)CN1. The summed E-state index contributed by atoms with van der Waals surface area (Å²) >= 11 is 0. The normalized spacial score (nSPS) is 20.0. The van der Waals surface area contributed by atoms with E-state index in [0.717, 1.165) is 5.56 Å². The van der Waals surface area contributed by atoms with E-state index in [1.54, 1.807) is 24.3 Å². The molecule has 1 atom stereocenters. The molecule has 0 saturated carbocycles. The Hall–Kier alpha value is -1.84. The number of carboxylic acid groups (broad SMARTS) is 1. The fourth-order valence-corrected chi connectivity index (χ4v) is 1.74. The molecule has 1 aromatic carbocycles. The van der Waals surface area contributed by atoms with Crippen LogP contribution in [-0.4, -0.2) is 23.5 Å². The maximum Gasteiger partial charge on any atom is 0.335 e. The zero-order chi connectivity index (χ0) is 10.8. The van der Waals surface area contributed by atoms with Gasteiger partial charge in [-0.2, -0.15) is 0 Å². The topological polar surface area (TPSA) is 66.4 Å². The predicted molar refractivity (Wildman–Crippen MR) is 53.8 cm³/mol. The largest absolute Gasteiger partial charge is 0.478 e. The van der Waals surface area contributed by atoms with E-state index in [1.807, 2.05) is 0 Å². The van der Waals surface area contributed by atoms with E-state index in [-0.39, 0.29) is 17.4 Å². The lowest BCUT2D eigenvalue weighted by atomic mass is 9.97. The summed E-state index contributed by atoms with van der Waals surface area (Å²) in [6, 6.07) is 6.68. The lowest BCUT2D eigenvalue weighted by molar-refractivity contribution is -0.119. The standard InChI is InChI=1S/C11H11NO3/c13-10-5-9(6-12-10)7-1-3-8(4-2-7)11(14)15/h1-4,9H,5-6H2,(H,12,13)(H,14,15)/t9-/m0/s1. The minimum atomic E-state index is -0.929. The molecule has 1 aliphatic rings. The van der Waals surface area contributed by atoms with Gasteiger partial charge in [0.25, 0.3) is 0 Å². The average molecular weight is 205 g/mol. The molecule has 15 heavy (non-hydrogen) atoms. The van der Waals surface area contributed by atoms with E-state index >= 15 is 0 Å². The summed E-state index contributed by atoms with van der Waals surface area (Å²) in [5.41, 5.74) is 1.29. The smallest absolute Gasteiger partial charge is 0.335 e. The first kappa shape index (κ1) is 9.71. The molecule has 0 unspecified atom stereocenters. The van der Waals surface area contributed by atoms with Gasteiger partial charge in [-0.15, -0.1) is 0 Å². The molecule has 0 radical (unpaired) electrons. The maximum atomic E-state index is 11.0. The minimum Gasteiger partial charge on any atom is -0.478 e. The fraction of sp³-hybridized carbons (Fsp3) is 0.273. The molecule has 1 amide bonds. The third-order valence-corrected chi connectivity index (χ3v) is 2.61. The van der Waals surface area contributed by atoms with E-state index in [1.165, 1.54) is 0 Å². The Balaban J connectivity index is 2.17. The third kappa shape index (κ3) is 1.98. The van der Waals surface area contributed by atoms with Crippen LogP contribution in [0.2, 0.25) is 0 Å². The van der Waals surface area contributed by atoms with E-state index in [2.05, 4.69) is 5.32 Å². The average Bonchev–Trinajstić information content (AvgIpc) is 2.65. The fourth-order valence-electron chi connectivity index (χ4n) is 1.74. The molecule has 0 bridgehead atoms. The van der Waals surface area contributed by atoms with Crippen LogP contribution >= 0.6 is 0 Å². The highest BCUT2D eigenvalue weighted by atomic mass is 16.4. The van der Waals surface area contributed by atoms with Crippen molar-refractivity contribution in [2.45, 2.75) is 12.3 Å². The molecule has 1 saturated heterocycles. The molecular weight excluding hydrogens is 194 g/mol. The Morgan fingerprint density at radius 2 is 2.00 bits per heavy atom. The number of hydrogen-bond acceptors (Lipinski definition) is 2. The second kappa shape index (κ2) is 3.73. The van der Waals surface area contributed by atoms with Gasteiger partial charge in [-0.25, -0.2) is 4.79 Å². The van der Waals surface area contributed by atoms with Gasteiger partial charge in [0.15, 0.2) is 0 Å². The highest BCUT2D eigenvalue weighted by Gasteiger charge is 2.22. The van der Waals surface area contributed by atoms with Crippen molar-refractivity contribution in [2.75, 3.05) is 6.54 Å². The van der Waals surface area contributed by atoms with Crippen LogP contribution in [0.3, 0.4) is 0 Å². The van der Waals surface area contributed by atoms with Gasteiger partial charge in [0, 0.05) is 18.9 Å². The first-order valence-electron chi connectivity index (χ1n) is 4.77. The Kier molecular flexibility index (Phi) is 2.41. The van der Waals surface area contributed by atoms with Crippen molar-refractivity contribution in [3.63, 3.8) is 0 Å². The van der Waals surface area contributed by atoms with E-state index < -0.39 is 5.97 Å². The number of amides is 1. The molecule has 2 rings (SSSR count). The first-order chi connectivity index (χ1) is 7.16. The van der Waals surface area contributed by atoms with Crippen LogP contribution in [0.4, 0.5) is 0 Å². The number of aromatic carboxylic acids is 1. The van der Waals surface area contributed by atoms with E-state index in [4.69, 9.17) is 5.11 Å². The van der Waals surface area contributed by atoms with Crippen LogP contribution < -0.4 is 5.32 Å². The van der Waals surface area contributed by atoms with Gasteiger partial charge in [0.05, 0.1) is 5.56 Å². The van der Waals surface area contributed by atoms with Crippen LogP contribution in [0.25, 0.3) is 0 Å². The molecule has 1 aliphatic heterocycles. The summed E-state index contributed by atoms with van der Waals surface area (Å²) in [6.45, 7) is 0.644. The summed E-state index contributed by atoms with van der Waals surface area (Å²) in [6.07, 6.45) is 0.492. The van der Waals surface area contributed by atoms with Crippen molar-refractivity contribution >= 4 is 11.9 Å². The number of carbonyl (C=O) groups is 2. The second-order valence-corrected chi connectivity index (χ2v) is 3.63. The molecule has 1 heterocycles. The monoisotopic (exact) mass is 205 g/mol. The summed E-state index contributed by atoms with van der Waals surface area (Å²) in [4.78, 5) is 21.6. The summed E-state index contributed by atoms with van der Waals surface area (Å²) < 4.78 is 0. The quantitative estimate of drug-likeness (QED) is 0.756. The van der Waals surface area contributed by atoms with Gasteiger partial charge in [0.1, 0.15) is 0 Å². The Bertz CT molecular complexity index is 397. The predicted octanol–water partition coefficient (Wildman–Crippen LogP) is 0.988. The van der Waals surface area contributed by atoms with Crippen LogP contribution in [0.5, 0.6) is 0 Å². The van der Waals surface area contributed by atoms with Crippen LogP contribution in [0.15, 0.2) is 24.3 Å². The van der Waals surface area contributed by atoms with Gasteiger partial charge < -0.3 is 10.4 Å². The van der Waals surface area contributed by atoms with Crippen molar-refractivity contribution in [1.29, 1.82) is 0 Å². The van der Waals surface area contributed by atoms with Gasteiger partial charge in [-0.3, -0.25) is 4.79 Å². The highest BCUT2D eigenvalue weighted by Crippen LogP contribution is 2.23. The van der Waals surface area contributed by atoms with Crippen LogP contribution in [0, 0.1) is 0 Å². The highest BCUT2D eigenvalue weighted by molar-refractivity contribution is 5.87. The molecule has 4 heteroatoms. The van der Waals surface area contributed by atoms with Gasteiger partial charge >= 0.3 is 5.97 Å². The number of carboxylic acids is 1. The Morgan fingerprint density at radius 1 is 1.33 bits per heavy atom. The van der Waals surface area contributed by atoms with Crippen LogP contribution in [-0.2, 0) is 4.79 Å². The summed E-state index contributed by atoms with van der Waals surface area (Å²) in [5.74, 6) is -0.690. The van der Waals surface area contributed by atoms with Gasteiger partial charge in [0.2, 0.25) is 5.91 Å². The zero-order valence-electron chi connectivity index (χ0n) is 8.06. The van der Waals surface area contributed by atoms with Crippen molar-refractivity contribution in [1.82, 2.24) is 5.32 Å². The molecule has 78 valence electrons. The third-order valence-electron chi connectivity index (χ3n) is 2.61. The van der Waals surface area contributed by atoms with E-state index in [9.17, 15) is 9.59 Å². The van der Waals surface area contributed by atoms with Crippen molar-refractivity contribution in [3.8, 4) is 0 Å². The molecule has 0 spiro atoms. The number of rotatable bonds is 2. The Morgan fingerprint density at radius 3 is 2.47 bits per heavy atom. The summed E-state index contributed by atoms with van der Waals surface area (Å²) in [7, 11) is 0. The van der Waals surface area contributed by atoms with Crippen molar-refractivity contribution in [3.05, 3.63) is 35.4 Å². The zero-order valence-corrected chi connectivity index (χ0v) is 8.06. The van der Waals surface area contributed by atoms with Crippen molar-refractivity contribution < 1.29 is 14.7 Å². The maximum absolute atomic E-state index is 11.0. The first-order valence-corrected chi connectivity index (χ1v) is 4.77. The molecule has 0 aromatic heterocycles. The molecule has 4 nitrogen and oxygen atoms in total. The molecule has 0 aliphatic carbocycles. The number of benzene rings is 1. The van der Waals surface area contributed by atoms with E-state index in [0.29, 0.717) is 13.0 Å². The molecular formula is C11H11NO3. The Labute approximate surface area is 86.9 Å². The van der Waals surface area contributed by atoms with Gasteiger partial charge in [-0.1, -0.05) is 12.1 Å². The number of nitrogens with one attached hydrogen (secondary N) is 1. The second-order valence-electron chi connectivity index (χ2n) is 3.63.